The number of anilines is 1. The summed E-state index contributed by atoms with van der Waals surface area (Å²) in [6.45, 7) is 2.34. The normalized spacial score (nSPS) is 13.8. The maximum atomic E-state index is 13.6. The number of nitrogens with two attached hydrogens (primary N) is 2. The van der Waals surface area contributed by atoms with Crippen molar-refractivity contribution >= 4 is 11.6 Å². The fourth-order valence-corrected chi connectivity index (χ4v) is 2.96. The SMILES string of the molecule is Cc1ccc(C(=O)NCc2c(C3CC3)ccc(N)c2CN)cc1F. The number of benzene rings is 2. The second kappa shape index (κ2) is 6.61. The number of carbonyl (C=O) groups is 1. The molecular weight excluding hydrogens is 305 g/mol. The predicted octanol–water partition coefficient (Wildman–Crippen LogP) is 2.98. The lowest BCUT2D eigenvalue weighted by Gasteiger charge is -2.17. The van der Waals surface area contributed by atoms with Crippen LogP contribution in [0.1, 0.15) is 51.4 Å². The van der Waals surface area contributed by atoms with E-state index in [1.165, 1.54) is 11.6 Å². The molecule has 0 radical (unpaired) electrons. The number of amides is 1. The number of hydrogen-bond acceptors (Lipinski definition) is 3. The Bertz CT molecular complexity index is 784. The fraction of sp³-hybridized carbons (Fsp3) is 0.316. The molecule has 5 heteroatoms. The Labute approximate surface area is 141 Å². The summed E-state index contributed by atoms with van der Waals surface area (Å²) < 4.78 is 13.6. The molecule has 0 aliphatic heterocycles. The molecular formula is C19H22FN3O. The standard InChI is InChI=1S/C19H22FN3O/c1-11-2-3-13(8-17(11)20)19(24)23-10-16-14(12-4-5-12)6-7-18(22)15(16)9-21/h2-3,6-8,12H,4-5,9-10,21-22H2,1H3,(H,23,24). The average Bonchev–Trinajstić information content (AvgIpc) is 3.40. The van der Waals surface area contributed by atoms with Crippen LogP contribution < -0.4 is 16.8 Å². The first-order chi connectivity index (χ1) is 11.5. The van der Waals surface area contributed by atoms with Crippen molar-refractivity contribution in [2.75, 3.05) is 5.73 Å². The maximum absolute atomic E-state index is 13.6. The molecule has 1 aliphatic carbocycles. The van der Waals surface area contributed by atoms with Crippen LogP contribution in [0.5, 0.6) is 0 Å². The zero-order valence-electron chi connectivity index (χ0n) is 13.7. The van der Waals surface area contributed by atoms with E-state index in [2.05, 4.69) is 5.32 Å². The summed E-state index contributed by atoms with van der Waals surface area (Å²) >= 11 is 0. The van der Waals surface area contributed by atoms with E-state index in [1.54, 1.807) is 19.1 Å². The Balaban J connectivity index is 1.82. The van der Waals surface area contributed by atoms with Gasteiger partial charge in [-0.2, -0.15) is 0 Å². The van der Waals surface area contributed by atoms with Gasteiger partial charge in [0.25, 0.3) is 5.91 Å². The molecule has 0 bridgehead atoms. The number of aryl methyl sites for hydroxylation is 1. The molecule has 1 aliphatic rings. The van der Waals surface area contributed by atoms with Crippen LogP contribution in [0.4, 0.5) is 10.1 Å². The highest BCUT2D eigenvalue weighted by molar-refractivity contribution is 5.94. The lowest BCUT2D eigenvalue weighted by Crippen LogP contribution is -2.25. The number of carbonyl (C=O) groups excluding carboxylic acids is 1. The molecule has 3 rings (SSSR count). The number of nitrogens with one attached hydrogen (secondary N) is 1. The Morgan fingerprint density at radius 1 is 1.25 bits per heavy atom. The highest BCUT2D eigenvalue weighted by atomic mass is 19.1. The Morgan fingerprint density at radius 3 is 2.62 bits per heavy atom. The molecule has 2 aromatic carbocycles. The van der Waals surface area contributed by atoms with Gasteiger partial charge in [-0.05, 0) is 66.1 Å². The van der Waals surface area contributed by atoms with Gasteiger partial charge in [-0.3, -0.25) is 4.79 Å². The number of halogens is 1. The average molecular weight is 327 g/mol. The third-order valence-electron chi connectivity index (χ3n) is 4.58. The van der Waals surface area contributed by atoms with Gasteiger partial charge in [0.05, 0.1) is 0 Å². The van der Waals surface area contributed by atoms with Crippen molar-refractivity contribution in [2.24, 2.45) is 5.73 Å². The van der Waals surface area contributed by atoms with Crippen LogP contribution in [-0.2, 0) is 13.1 Å². The first-order valence-electron chi connectivity index (χ1n) is 8.15. The van der Waals surface area contributed by atoms with Gasteiger partial charge in [0.1, 0.15) is 5.82 Å². The molecule has 0 heterocycles. The van der Waals surface area contributed by atoms with Gasteiger partial charge in [-0.1, -0.05) is 12.1 Å². The molecule has 5 N–H and O–H groups in total. The van der Waals surface area contributed by atoms with E-state index in [0.717, 1.165) is 24.0 Å². The minimum absolute atomic E-state index is 0.305. The van der Waals surface area contributed by atoms with E-state index in [1.807, 2.05) is 12.1 Å². The summed E-state index contributed by atoms with van der Waals surface area (Å²) in [7, 11) is 0. The molecule has 126 valence electrons. The minimum Gasteiger partial charge on any atom is -0.398 e. The molecule has 0 atom stereocenters. The largest absolute Gasteiger partial charge is 0.398 e. The van der Waals surface area contributed by atoms with Crippen LogP contribution in [0.2, 0.25) is 0 Å². The number of hydrogen-bond donors (Lipinski definition) is 3. The highest BCUT2D eigenvalue weighted by Crippen LogP contribution is 2.43. The summed E-state index contributed by atoms with van der Waals surface area (Å²) in [4.78, 5) is 12.3. The molecule has 0 spiro atoms. The first kappa shape index (κ1) is 16.5. The van der Waals surface area contributed by atoms with Crippen LogP contribution >= 0.6 is 0 Å². The monoisotopic (exact) mass is 327 g/mol. The van der Waals surface area contributed by atoms with E-state index < -0.39 is 0 Å². The maximum Gasteiger partial charge on any atom is 0.251 e. The van der Waals surface area contributed by atoms with Gasteiger partial charge in [-0.15, -0.1) is 0 Å². The Morgan fingerprint density at radius 2 is 2.00 bits per heavy atom. The molecule has 0 saturated heterocycles. The lowest BCUT2D eigenvalue weighted by atomic mass is 9.96. The summed E-state index contributed by atoms with van der Waals surface area (Å²) in [5.41, 5.74) is 16.5. The van der Waals surface area contributed by atoms with Crippen LogP contribution in [0.25, 0.3) is 0 Å². The van der Waals surface area contributed by atoms with Crippen LogP contribution in [-0.4, -0.2) is 5.91 Å². The second-order valence-electron chi connectivity index (χ2n) is 6.33. The van der Waals surface area contributed by atoms with Gasteiger partial charge in [0.15, 0.2) is 0 Å². The van der Waals surface area contributed by atoms with Gasteiger partial charge < -0.3 is 16.8 Å². The summed E-state index contributed by atoms with van der Waals surface area (Å²) in [5, 5.41) is 2.87. The molecule has 4 nitrogen and oxygen atoms in total. The Kier molecular flexibility index (Phi) is 4.53. The number of nitrogen functional groups attached to an aromatic ring is 1. The lowest BCUT2D eigenvalue weighted by molar-refractivity contribution is 0.0950. The van der Waals surface area contributed by atoms with E-state index >= 15 is 0 Å². The Hall–Kier alpha value is -2.40. The van der Waals surface area contributed by atoms with Gasteiger partial charge >= 0.3 is 0 Å². The van der Waals surface area contributed by atoms with Gasteiger partial charge in [0, 0.05) is 24.3 Å². The third-order valence-corrected chi connectivity index (χ3v) is 4.58. The fourth-order valence-electron chi connectivity index (χ4n) is 2.96. The third kappa shape index (κ3) is 3.26. The molecule has 1 fully saturated rings. The van der Waals surface area contributed by atoms with Crippen molar-refractivity contribution in [3.05, 3.63) is 64.0 Å². The van der Waals surface area contributed by atoms with Crippen molar-refractivity contribution in [3.63, 3.8) is 0 Å². The van der Waals surface area contributed by atoms with Crippen LogP contribution in [0, 0.1) is 12.7 Å². The van der Waals surface area contributed by atoms with Crippen LogP contribution in [0.3, 0.4) is 0 Å². The van der Waals surface area contributed by atoms with Gasteiger partial charge in [0.2, 0.25) is 0 Å². The summed E-state index contributed by atoms with van der Waals surface area (Å²) in [6.07, 6.45) is 2.30. The molecule has 2 aromatic rings. The molecule has 1 amide bonds. The summed E-state index contributed by atoms with van der Waals surface area (Å²) in [5.74, 6) is -0.159. The number of rotatable bonds is 5. The van der Waals surface area contributed by atoms with Crippen molar-refractivity contribution in [1.29, 1.82) is 0 Å². The van der Waals surface area contributed by atoms with Crippen molar-refractivity contribution in [2.45, 2.75) is 38.8 Å². The molecule has 0 unspecified atom stereocenters. The quantitative estimate of drug-likeness (QED) is 0.739. The van der Waals surface area contributed by atoms with Crippen molar-refractivity contribution in [1.82, 2.24) is 5.32 Å². The van der Waals surface area contributed by atoms with E-state index in [-0.39, 0.29) is 11.7 Å². The predicted molar refractivity (Wildman–Crippen MR) is 93.0 cm³/mol. The van der Waals surface area contributed by atoms with E-state index in [4.69, 9.17) is 11.5 Å². The summed E-state index contributed by atoms with van der Waals surface area (Å²) in [6, 6.07) is 8.40. The zero-order valence-corrected chi connectivity index (χ0v) is 13.7. The minimum atomic E-state index is -0.382. The topological polar surface area (TPSA) is 81.1 Å². The van der Waals surface area contributed by atoms with E-state index in [0.29, 0.717) is 35.8 Å². The molecule has 24 heavy (non-hydrogen) atoms. The van der Waals surface area contributed by atoms with E-state index in [9.17, 15) is 9.18 Å². The van der Waals surface area contributed by atoms with Crippen LogP contribution in [0.15, 0.2) is 30.3 Å². The molecule has 0 aromatic heterocycles. The highest BCUT2D eigenvalue weighted by Gasteiger charge is 2.27. The second-order valence-corrected chi connectivity index (χ2v) is 6.33. The smallest absolute Gasteiger partial charge is 0.251 e. The van der Waals surface area contributed by atoms with Gasteiger partial charge in [-0.25, -0.2) is 4.39 Å². The van der Waals surface area contributed by atoms with Crippen molar-refractivity contribution in [3.8, 4) is 0 Å². The zero-order chi connectivity index (χ0) is 17.3. The van der Waals surface area contributed by atoms with Crippen molar-refractivity contribution < 1.29 is 9.18 Å². The molecule has 1 saturated carbocycles. The first-order valence-corrected chi connectivity index (χ1v) is 8.15.